The van der Waals surface area contributed by atoms with E-state index in [-0.39, 0.29) is 17.5 Å². The van der Waals surface area contributed by atoms with Crippen LogP contribution in [0.5, 0.6) is 5.75 Å². The fraction of sp³-hybridized carbons (Fsp3) is 0.367. The molecule has 4 rings (SSSR count). The van der Waals surface area contributed by atoms with E-state index in [2.05, 4.69) is 62.0 Å². The van der Waals surface area contributed by atoms with Crippen molar-refractivity contribution in [1.29, 1.82) is 0 Å². The molecule has 36 heavy (non-hydrogen) atoms. The molecule has 0 N–H and O–H groups in total. The first-order chi connectivity index (χ1) is 17.1. The number of allylic oxidation sites excluding steroid dienone is 4. The van der Waals surface area contributed by atoms with Gasteiger partial charge in [-0.1, -0.05) is 31.4 Å². The monoisotopic (exact) mass is 494 g/mol. The van der Waals surface area contributed by atoms with Gasteiger partial charge in [0, 0.05) is 63.6 Å². The molecule has 0 radical (unpaired) electrons. The predicted molar refractivity (Wildman–Crippen MR) is 142 cm³/mol. The van der Waals surface area contributed by atoms with Gasteiger partial charge in [0.1, 0.15) is 11.9 Å². The molecule has 0 spiro atoms. The molecule has 6 heteroatoms. The van der Waals surface area contributed by atoms with Crippen LogP contribution in [0.25, 0.3) is 13.2 Å². The smallest absolute Gasteiger partial charge is 0.167 e. The van der Waals surface area contributed by atoms with Gasteiger partial charge in [0.05, 0.1) is 5.60 Å². The van der Waals surface area contributed by atoms with Crippen molar-refractivity contribution in [3.8, 4) is 5.75 Å². The number of hydrogen-bond donors (Lipinski definition) is 0. The van der Waals surface area contributed by atoms with Crippen LogP contribution in [0.4, 0.5) is 8.78 Å². The number of benzene rings is 1. The van der Waals surface area contributed by atoms with E-state index in [0.717, 1.165) is 48.9 Å². The second-order valence-corrected chi connectivity index (χ2v) is 9.48. The normalized spacial score (nSPS) is 20.7. The molecule has 1 fully saturated rings. The molecule has 2 aromatic rings. The number of ether oxygens (including phenoxy) is 2. The molecule has 0 amide bonds. The summed E-state index contributed by atoms with van der Waals surface area (Å²) in [6.45, 7) is 15.5. The maximum Gasteiger partial charge on any atom is 0.167 e. The van der Waals surface area contributed by atoms with Crippen molar-refractivity contribution in [3.63, 3.8) is 0 Å². The van der Waals surface area contributed by atoms with Gasteiger partial charge in [-0.15, -0.1) is 0 Å². The Morgan fingerprint density at radius 2 is 1.83 bits per heavy atom. The van der Waals surface area contributed by atoms with Crippen molar-refractivity contribution < 1.29 is 18.3 Å². The van der Waals surface area contributed by atoms with Crippen LogP contribution >= 0.6 is 0 Å². The summed E-state index contributed by atoms with van der Waals surface area (Å²) in [6.07, 6.45) is 12.1. The molecule has 1 aromatic heterocycles. The summed E-state index contributed by atoms with van der Waals surface area (Å²) in [5.74, 6) is -1.11. The molecule has 1 aliphatic heterocycles. The average molecular weight is 495 g/mol. The Bertz CT molecular complexity index is 1220. The van der Waals surface area contributed by atoms with Crippen LogP contribution in [-0.2, 0) is 4.74 Å². The Hall–Kier alpha value is -3.25. The van der Waals surface area contributed by atoms with Crippen LogP contribution in [0.3, 0.4) is 0 Å². The van der Waals surface area contributed by atoms with Gasteiger partial charge < -0.3 is 14.4 Å². The molecule has 1 aliphatic carbocycles. The molecule has 192 valence electrons. The zero-order valence-electron chi connectivity index (χ0n) is 21.7. The number of aromatic nitrogens is 1. The number of methoxy groups -OCH3 is 1. The largest absolute Gasteiger partial charge is 0.487 e. The van der Waals surface area contributed by atoms with E-state index >= 15 is 0 Å². The lowest BCUT2D eigenvalue weighted by molar-refractivity contribution is 0.0484. The maximum absolute atomic E-state index is 13.8. The molecule has 1 aromatic carbocycles. The molecule has 0 saturated carbocycles. The number of hydrogen-bond acceptors (Lipinski definition) is 4. The predicted octanol–water partition coefficient (Wildman–Crippen LogP) is 5.30. The van der Waals surface area contributed by atoms with E-state index in [1.54, 1.807) is 19.5 Å². The molecule has 1 saturated heterocycles. The summed E-state index contributed by atoms with van der Waals surface area (Å²) in [7, 11) is 1.74. The molecule has 2 aliphatic rings. The first-order valence-corrected chi connectivity index (χ1v) is 12.2. The fourth-order valence-corrected chi connectivity index (χ4v) is 4.25. The second-order valence-electron chi connectivity index (χ2n) is 9.48. The summed E-state index contributed by atoms with van der Waals surface area (Å²) in [5, 5.41) is 1.84. The van der Waals surface area contributed by atoms with Crippen LogP contribution in [0.1, 0.15) is 40.0 Å². The molecule has 2 heterocycles. The van der Waals surface area contributed by atoms with Crippen LogP contribution in [0.2, 0.25) is 0 Å². The SMILES string of the molecule is C=c1ccncc1=C.COC1(C)C=CC=C(/C(C)=C(/C)N2CCC(Oc3ccc(F)cc3F)CC2)C1. The highest BCUT2D eigenvalue weighted by molar-refractivity contribution is 5.40. The summed E-state index contributed by atoms with van der Waals surface area (Å²) < 4.78 is 38.3. The zero-order valence-corrected chi connectivity index (χ0v) is 21.7. The van der Waals surface area contributed by atoms with Crippen molar-refractivity contribution in [1.82, 2.24) is 9.88 Å². The summed E-state index contributed by atoms with van der Waals surface area (Å²) >= 11 is 0. The van der Waals surface area contributed by atoms with Crippen molar-refractivity contribution in [2.45, 2.75) is 51.7 Å². The van der Waals surface area contributed by atoms with Crippen LogP contribution < -0.4 is 15.2 Å². The van der Waals surface area contributed by atoms with Gasteiger partial charge in [0.2, 0.25) is 0 Å². The van der Waals surface area contributed by atoms with E-state index in [9.17, 15) is 8.78 Å². The number of likely N-dealkylation sites (tertiary alicyclic amines) is 1. The van der Waals surface area contributed by atoms with E-state index in [1.807, 2.05) is 6.07 Å². The highest BCUT2D eigenvalue weighted by Gasteiger charge is 2.27. The minimum Gasteiger partial charge on any atom is -0.487 e. The Labute approximate surface area is 213 Å². The lowest BCUT2D eigenvalue weighted by Crippen LogP contribution is -2.38. The number of rotatable bonds is 5. The third kappa shape index (κ3) is 7.14. The van der Waals surface area contributed by atoms with Crippen LogP contribution in [0, 0.1) is 11.6 Å². The van der Waals surface area contributed by atoms with Crippen LogP contribution in [0.15, 0.2) is 71.7 Å². The molecule has 1 unspecified atom stereocenters. The highest BCUT2D eigenvalue weighted by Crippen LogP contribution is 2.32. The van der Waals surface area contributed by atoms with Crippen molar-refractivity contribution >= 4 is 13.2 Å². The topological polar surface area (TPSA) is 34.6 Å². The van der Waals surface area contributed by atoms with Crippen molar-refractivity contribution in [3.05, 3.63) is 93.8 Å². The Morgan fingerprint density at radius 1 is 1.11 bits per heavy atom. The minimum atomic E-state index is -0.646. The van der Waals surface area contributed by atoms with Gasteiger partial charge in [-0.3, -0.25) is 4.98 Å². The maximum atomic E-state index is 13.8. The van der Waals surface area contributed by atoms with Crippen LogP contribution in [-0.4, -0.2) is 41.8 Å². The fourth-order valence-electron chi connectivity index (χ4n) is 4.25. The van der Waals surface area contributed by atoms with Crippen molar-refractivity contribution in [2.24, 2.45) is 0 Å². The summed E-state index contributed by atoms with van der Waals surface area (Å²) in [6, 6.07) is 5.29. The molecular weight excluding hydrogens is 458 g/mol. The molecular formula is C30H36F2N2O2. The van der Waals surface area contributed by atoms with Gasteiger partial charge >= 0.3 is 0 Å². The number of nitrogens with zero attached hydrogens (tertiary/aromatic N) is 2. The lowest BCUT2D eigenvalue weighted by atomic mass is 9.87. The molecule has 0 bridgehead atoms. The van der Waals surface area contributed by atoms with E-state index in [4.69, 9.17) is 9.47 Å². The first kappa shape index (κ1) is 27.3. The third-order valence-electron chi connectivity index (χ3n) is 6.89. The van der Waals surface area contributed by atoms with E-state index in [0.29, 0.717) is 0 Å². The van der Waals surface area contributed by atoms with E-state index in [1.165, 1.54) is 29.0 Å². The molecule has 1 atom stereocenters. The highest BCUT2D eigenvalue weighted by atomic mass is 19.1. The minimum absolute atomic E-state index is 0.0575. The van der Waals surface area contributed by atoms with Gasteiger partial charge in [0.15, 0.2) is 11.6 Å². The van der Waals surface area contributed by atoms with Gasteiger partial charge in [-0.25, -0.2) is 8.78 Å². The Morgan fingerprint density at radius 3 is 2.42 bits per heavy atom. The summed E-state index contributed by atoms with van der Waals surface area (Å²) in [5.41, 5.74) is 3.56. The third-order valence-corrected chi connectivity index (χ3v) is 6.89. The van der Waals surface area contributed by atoms with Gasteiger partial charge in [0.25, 0.3) is 0 Å². The Kier molecular flexibility index (Phi) is 9.21. The van der Waals surface area contributed by atoms with Crippen molar-refractivity contribution in [2.75, 3.05) is 20.2 Å². The number of halogens is 2. The molecule has 4 nitrogen and oxygen atoms in total. The number of piperidine rings is 1. The second kappa shape index (κ2) is 12.1. The average Bonchev–Trinajstić information content (AvgIpc) is 2.87. The quantitative estimate of drug-likeness (QED) is 0.565. The summed E-state index contributed by atoms with van der Waals surface area (Å²) in [4.78, 5) is 6.20. The Balaban J connectivity index is 0.000000383. The van der Waals surface area contributed by atoms with E-state index < -0.39 is 11.6 Å². The lowest BCUT2D eigenvalue weighted by Gasteiger charge is -2.36. The van der Waals surface area contributed by atoms with Gasteiger partial charge in [-0.05, 0) is 60.6 Å². The standard InChI is InChI=1S/C23H29F2NO2.C7H7N/c1-16(18-6-5-11-23(3,15-18)27-4)17(2)26-12-9-20(10-13-26)28-22-8-7-19(24)14-21(22)25;1-6-3-4-8-5-7(6)2/h5-8,11,14,20H,9-10,12-13,15H2,1-4H3;3-5H,1-2H2/b17-16-;. The van der Waals surface area contributed by atoms with Gasteiger partial charge in [-0.2, -0.15) is 0 Å². The first-order valence-electron chi connectivity index (χ1n) is 12.2. The zero-order chi connectivity index (χ0) is 26.3. The number of pyridine rings is 1.